The van der Waals surface area contributed by atoms with Gasteiger partial charge >= 0.3 is 0 Å². The molecule has 5 nitrogen and oxygen atoms in total. The SMILES string of the molecule is COCc1ccnc2nnc(SCc3c(F)cccc3Cl)n12. The minimum Gasteiger partial charge on any atom is -0.378 e. The third kappa shape index (κ3) is 2.92. The maximum absolute atomic E-state index is 13.8. The van der Waals surface area contributed by atoms with E-state index in [1.807, 2.05) is 6.07 Å². The zero-order valence-electron chi connectivity index (χ0n) is 11.7. The Bertz CT molecular complexity index is 790. The molecule has 0 bridgehead atoms. The van der Waals surface area contributed by atoms with Crippen molar-refractivity contribution in [2.24, 2.45) is 0 Å². The van der Waals surface area contributed by atoms with Crippen LogP contribution in [-0.2, 0) is 17.1 Å². The zero-order chi connectivity index (χ0) is 15.5. The number of benzene rings is 1. The molecule has 0 saturated heterocycles. The first kappa shape index (κ1) is 15.2. The van der Waals surface area contributed by atoms with Crippen LogP contribution in [-0.4, -0.2) is 26.7 Å². The zero-order valence-corrected chi connectivity index (χ0v) is 13.2. The average Bonchev–Trinajstić information content (AvgIpc) is 2.91. The predicted octanol–water partition coefficient (Wildman–Crippen LogP) is 3.36. The van der Waals surface area contributed by atoms with E-state index in [-0.39, 0.29) is 5.82 Å². The van der Waals surface area contributed by atoms with Gasteiger partial charge < -0.3 is 4.74 Å². The topological polar surface area (TPSA) is 52.3 Å². The van der Waals surface area contributed by atoms with Crippen molar-refractivity contribution in [1.29, 1.82) is 0 Å². The molecule has 0 saturated carbocycles. The summed E-state index contributed by atoms with van der Waals surface area (Å²) < 4.78 is 20.8. The molecule has 3 aromatic rings. The first-order valence-corrected chi connectivity index (χ1v) is 7.80. The summed E-state index contributed by atoms with van der Waals surface area (Å²) in [5.41, 5.74) is 1.32. The highest BCUT2D eigenvalue weighted by molar-refractivity contribution is 7.98. The molecule has 1 aromatic carbocycles. The highest BCUT2D eigenvalue weighted by Crippen LogP contribution is 2.28. The first-order chi connectivity index (χ1) is 10.7. The Labute approximate surface area is 135 Å². The van der Waals surface area contributed by atoms with Gasteiger partial charge in [-0.15, -0.1) is 10.2 Å². The molecule has 114 valence electrons. The molecule has 0 N–H and O–H groups in total. The van der Waals surface area contributed by atoms with Crippen LogP contribution in [0, 0.1) is 5.82 Å². The van der Waals surface area contributed by atoms with Crippen molar-refractivity contribution in [2.75, 3.05) is 7.11 Å². The van der Waals surface area contributed by atoms with E-state index in [4.69, 9.17) is 16.3 Å². The van der Waals surface area contributed by atoms with Gasteiger partial charge in [-0.05, 0) is 18.2 Å². The van der Waals surface area contributed by atoms with E-state index >= 15 is 0 Å². The van der Waals surface area contributed by atoms with Gasteiger partial charge in [0.25, 0.3) is 5.78 Å². The molecule has 8 heteroatoms. The second-order valence-corrected chi connectivity index (χ2v) is 5.83. The monoisotopic (exact) mass is 338 g/mol. The lowest BCUT2D eigenvalue weighted by atomic mass is 10.2. The maximum Gasteiger partial charge on any atom is 0.255 e. The molecule has 0 aliphatic carbocycles. The Morgan fingerprint density at radius 1 is 1.32 bits per heavy atom. The van der Waals surface area contributed by atoms with Crippen LogP contribution < -0.4 is 0 Å². The largest absolute Gasteiger partial charge is 0.378 e. The number of thioether (sulfide) groups is 1. The Morgan fingerprint density at radius 2 is 2.18 bits per heavy atom. The van der Waals surface area contributed by atoms with Crippen LogP contribution in [0.4, 0.5) is 4.39 Å². The molecule has 0 aliphatic rings. The summed E-state index contributed by atoms with van der Waals surface area (Å²) in [6.45, 7) is 0.408. The summed E-state index contributed by atoms with van der Waals surface area (Å²) in [4.78, 5) is 4.16. The second kappa shape index (κ2) is 6.60. The number of aromatic nitrogens is 4. The third-order valence-corrected chi connectivity index (χ3v) is 4.37. The minimum atomic E-state index is -0.330. The molecule has 22 heavy (non-hydrogen) atoms. The number of hydrogen-bond acceptors (Lipinski definition) is 5. The highest BCUT2D eigenvalue weighted by Gasteiger charge is 2.13. The van der Waals surface area contributed by atoms with Crippen LogP contribution in [0.1, 0.15) is 11.3 Å². The summed E-state index contributed by atoms with van der Waals surface area (Å²) in [7, 11) is 1.61. The molecule has 0 unspecified atom stereocenters. The normalized spacial score (nSPS) is 11.2. The summed E-state index contributed by atoms with van der Waals surface area (Å²) in [6.07, 6.45) is 1.65. The lowest BCUT2D eigenvalue weighted by Crippen LogP contribution is -2.01. The molecular formula is C14H12ClFN4OS. The van der Waals surface area contributed by atoms with Gasteiger partial charge in [0, 0.05) is 29.6 Å². The van der Waals surface area contributed by atoms with Gasteiger partial charge in [0.1, 0.15) is 5.82 Å². The van der Waals surface area contributed by atoms with E-state index in [9.17, 15) is 4.39 Å². The molecule has 0 spiro atoms. The van der Waals surface area contributed by atoms with Gasteiger partial charge in [0.15, 0.2) is 5.16 Å². The van der Waals surface area contributed by atoms with E-state index in [0.29, 0.717) is 33.9 Å². The lowest BCUT2D eigenvalue weighted by Gasteiger charge is -2.07. The van der Waals surface area contributed by atoms with E-state index in [2.05, 4.69) is 15.2 Å². The fourth-order valence-electron chi connectivity index (χ4n) is 2.02. The van der Waals surface area contributed by atoms with Crippen LogP contribution in [0.5, 0.6) is 0 Å². The van der Waals surface area contributed by atoms with Crippen LogP contribution >= 0.6 is 23.4 Å². The van der Waals surface area contributed by atoms with Gasteiger partial charge in [0.2, 0.25) is 0 Å². The number of rotatable bonds is 5. The van der Waals surface area contributed by atoms with Crippen molar-refractivity contribution in [3.8, 4) is 0 Å². The molecule has 0 amide bonds. The van der Waals surface area contributed by atoms with Crippen LogP contribution in [0.25, 0.3) is 5.78 Å². The van der Waals surface area contributed by atoms with Crippen molar-refractivity contribution < 1.29 is 9.13 Å². The molecule has 2 aromatic heterocycles. The van der Waals surface area contributed by atoms with Gasteiger partial charge in [-0.2, -0.15) is 0 Å². The predicted molar refractivity (Wildman–Crippen MR) is 82.5 cm³/mol. The Morgan fingerprint density at radius 3 is 2.95 bits per heavy atom. The number of nitrogens with zero attached hydrogens (tertiary/aromatic N) is 4. The summed E-state index contributed by atoms with van der Waals surface area (Å²) in [6, 6.07) is 6.47. The molecule has 3 rings (SSSR count). The van der Waals surface area contributed by atoms with Gasteiger partial charge in [-0.25, -0.2) is 9.37 Å². The van der Waals surface area contributed by atoms with Gasteiger partial charge in [-0.1, -0.05) is 29.4 Å². The summed E-state index contributed by atoms with van der Waals surface area (Å²) in [5.74, 6) is 0.508. The summed E-state index contributed by atoms with van der Waals surface area (Å²) >= 11 is 7.39. The minimum absolute atomic E-state index is 0.330. The standard InChI is InChI=1S/C14H12ClFN4OS/c1-21-7-9-5-6-17-13-18-19-14(20(9)13)22-8-10-11(15)3-2-4-12(10)16/h2-6H,7-8H2,1H3. The van der Waals surface area contributed by atoms with Gasteiger partial charge in [0.05, 0.1) is 12.3 Å². The molecule has 0 atom stereocenters. The van der Waals surface area contributed by atoms with Crippen molar-refractivity contribution in [3.63, 3.8) is 0 Å². The fourth-order valence-corrected chi connectivity index (χ4v) is 3.33. The Hall–Kier alpha value is -1.70. The van der Waals surface area contributed by atoms with Gasteiger partial charge in [-0.3, -0.25) is 4.40 Å². The lowest BCUT2D eigenvalue weighted by molar-refractivity contribution is 0.179. The van der Waals surface area contributed by atoms with Crippen molar-refractivity contribution in [2.45, 2.75) is 17.5 Å². The second-order valence-electron chi connectivity index (χ2n) is 4.48. The van der Waals surface area contributed by atoms with E-state index in [1.54, 1.807) is 29.8 Å². The van der Waals surface area contributed by atoms with Crippen LogP contribution in [0.2, 0.25) is 5.02 Å². The summed E-state index contributed by atoms with van der Waals surface area (Å²) in [5, 5.41) is 9.14. The number of halogens is 2. The number of methoxy groups -OCH3 is 1. The van der Waals surface area contributed by atoms with Crippen molar-refractivity contribution >= 4 is 29.1 Å². The van der Waals surface area contributed by atoms with E-state index in [1.165, 1.54) is 17.8 Å². The van der Waals surface area contributed by atoms with Crippen LogP contribution in [0.3, 0.4) is 0 Å². The number of fused-ring (bicyclic) bond motifs is 1. The first-order valence-electron chi connectivity index (χ1n) is 6.44. The smallest absolute Gasteiger partial charge is 0.255 e. The number of ether oxygens (including phenoxy) is 1. The fraction of sp³-hybridized carbons (Fsp3) is 0.214. The average molecular weight is 339 g/mol. The van der Waals surface area contributed by atoms with Crippen molar-refractivity contribution in [1.82, 2.24) is 19.6 Å². The van der Waals surface area contributed by atoms with E-state index < -0.39 is 0 Å². The molecule has 0 radical (unpaired) electrons. The maximum atomic E-state index is 13.8. The molecule has 2 heterocycles. The third-order valence-electron chi connectivity index (χ3n) is 3.06. The van der Waals surface area contributed by atoms with E-state index in [0.717, 1.165) is 5.69 Å². The quantitative estimate of drug-likeness (QED) is 0.668. The Kier molecular flexibility index (Phi) is 4.56. The Balaban J connectivity index is 1.91. The molecule has 0 fully saturated rings. The molecular weight excluding hydrogens is 327 g/mol. The molecule has 0 aliphatic heterocycles. The van der Waals surface area contributed by atoms with Crippen molar-refractivity contribution in [3.05, 3.63) is 52.6 Å². The number of hydrogen-bond donors (Lipinski definition) is 0. The highest BCUT2D eigenvalue weighted by atomic mass is 35.5. The van der Waals surface area contributed by atoms with Crippen LogP contribution in [0.15, 0.2) is 35.6 Å².